The fourth-order valence-electron chi connectivity index (χ4n) is 13.4. The molecule has 0 aromatic rings. The van der Waals surface area contributed by atoms with Gasteiger partial charge in [-0.25, -0.2) is 0 Å². The quantitative estimate of drug-likeness (QED) is 0.115. The highest BCUT2D eigenvalue weighted by Gasteiger charge is 2.72. The van der Waals surface area contributed by atoms with Gasteiger partial charge in [-0.1, -0.05) is 46.3 Å². The van der Waals surface area contributed by atoms with Crippen LogP contribution in [0.15, 0.2) is 11.6 Å². The van der Waals surface area contributed by atoms with Crippen LogP contribution in [0.5, 0.6) is 0 Å². The monoisotopic (exact) mass is 784 g/mol. The van der Waals surface area contributed by atoms with Gasteiger partial charge in [-0.3, -0.25) is 0 Å². The van der Waals surface area contributed by atoms with Crippen molar-refractivity contribution in [2.75, 3.05) is 13.2 Å². The Morgan fingerprint density at radius 2 is 1.27 bits per heavy atom. The van der Waals surface area contributed by atoms with Crippen molar-refractivity contribution in [1.29, 1.82) is 0 Å². The van der Waals surface area contributed by atoms with Gasteiger partial charge in [-0.05, 0) is 124 Å². The highest BCUT2D eigenvalue weighted by atomic mass is 16.7. The first kappa shape index (κ1) is 43.8. The Labute approximate surface area is 327 Å². The largest absolute Gasteiger partial charge is 0.394 e. The van der Waals surface area contributed by atoms with Crippen LogP contribution in [0.3, 0.4) is 0 Å². The van der Waals surface area contributed by atoms with Crippen molar-refractivity contribution in [2.24, 2.45) is 45.3 Å². The molecular formula is C42H72O13. The molecule has 6 aliphatic rings. The lowest BCUT2D eigenvalue weighted by Crippen LogP contribution is -2.67. The van der Waals surface area contributed by atoms with Crippen LogP contribution in [-0.2, 0) is 18.9 Å². The fraction of sp³-hybridized carbons (Fsp3) is 0.952. The van der Waals surface area contributed by atoms with E-state index in [0.717, 1.165) is 32.1 Å². The zero-order chi connectivity index (χ0) is 40.6. The second-order valence-electron chi connectivity index (χ2n) is 20.1. The van der Waals surface area contributed by atoms with Gasteiger partial charge < -0.3 is 64.9 Å². The van der Waals surface area contributed by atoms with E-state index in [-0.39, 0.29) is 51.4 Å². The van der Waals surface area contributed by atoms with E-state index < -0.39 is 86.3 Å². The molecule has 2 aliphatic heterocycles. The van der Waals surface area contributed by atoms with Crippen LogP contribution in [0.1, 0.15) is 113 Å². The van der Waals surface area contributed by atoms with Crippen LogP contribution >= 0.6 is 0 Å². The molecule has 6 fully saturated rings. The van der Waals surface area contributed by atoms with E-state index in [4.69, 9.17) is 18.9 Å². The van der Waals surface area contributed by atoms with Crippen molar-refractivity contribution in [3.05, 3.63) is 11.6 Å². The molecule has 13 heteroatoms. The minimum atomic E-state index is -1.55. The Balaban J connectivity index is 1.26. The lowest BCUT2D eigenvalue weighted by Gasteiger charge is -2.71. The standard InChI is InChI=1S/C42H72O13/c1-21(2)10-9-14-42(8,55-37-35(51)33(49)31(47)25(20-44)53-37)22-11-16-41(7)29(22)23(45)18-27-39(5)15-13-28(38(3,4)26(39)12-17-40(27,41)6)54-36-34(50)32(48)30(46)24(19-43)52-36/h10,22-37,43-51H,9,11-20H2,1-8H3/t22-,23+,24+,25+,26-,27+,28-,29+,30+,31+,32-,33-,34+,35+,36-,37-,39-,40+,41+,42-/m0/s1. The predicted molar refractivity (Wildman–Crippen MR) is 201 cm³/mol. The molecule has 2 heterocycles. The normalized spacial score (nSPS) is 52.0. The van der Waals surface area contributed by atoms with Crippen LogP contribution in [0.25, 0.3) is 0 Å². The molecule has 0 aromatic heterocycles. The molecule has 0 unspecified atom stereocenters. The van der Waals surface area contributed by atoms with E-state index >= 15 is 0 Å². The number of hydrogen-bond donors (Lipinski definition) is 9. The van der Waals surface area contributed by atoms with Gasteiger partial charge in [-0.2, -0.15) is 0 Å². The van der Waals surface area contributed by atoms with Gasteiger partial charge in [-0.15, -0.1) is 0 Å². The highest BCUT2D eigenvalue weighted by molar-refractivity contribution is 5.20. The van der Waals surface area contributed by atoms with Gasteiger partial charge in [0.25, 0.3) is 0 Å². The maximum absolute atomic E-state index is 12.5. The van der Waals surface area contributed by atoms with Gasteiger partial charge in [0.15, 0.2) is 12.6 Å². The maximum atomic E-state index is 12.5. The van der Waals surface area contributed by atoms with E-state index in [1.165, 1.54) is 5.57 Å². The summed E-state index contributed by atoms with van der Waals surface area (Å²) in [6.07, 6.45) is -5.39. The minimum Gasteiger partial charge on any atom is -0.394 e. The summed E-state index contributed by atoms with van der Waals surface area (Å²) in [4.78, 5) is 0. The molecule has 13 nitrogen and oxygen atoms in total. The third kappa shape index (κ3) is 7.10. The number of aliphatic hydroxyl groups is 9. The summed E-state index contributed by atoms with van der Waals surface area (Å²) in [6, 6.07) is 0. The topological polar surface area (TPSA) is 219 Å². The highest BCUT2D eigenvalue weighted by Crippen LogP contribution is 2.76. The van der Waals surface area contributed by atoms with Crippen molar-refractivity contribution < 1.29 is 64.9 Å². The zero-order valence-corrected chi connectivity index (χ0v) is 34.3. The Morgan fingerprint density at radius 1 is 0.709 bits per heavy atom. The van der Waals surface area contributed by atoms with E-state index in [2.05, 4.69) is 40.7 Å². The first-order valence-corrected chi connectivity index (χ1v) is 20.9. The molecule has 0 radical (unpaired) electrons. The SMILES string of the molecule is CC(C)=CCC[C@](C)(O[C@@H]1O[C@H](CO)[C@@H](O)[C@H](O)[C@H]1O)[C@H]1CC[C@]2(C)[C@H]1[C@H](O)C[C@@H]1[C@@]3(C)CC[C@H](O[C@@H]4O[C@H](CO)[C@@H](O)[C@H](O)[C@H]4O)C(C)(C)[C@@H]3CC[C@]12C. The molecule has 4 saturated carbocycles. The minimum absolute atomic E-state index is 0.104. The molecule has 55 heavy (non-hydrogen) atoms. The maximum Gasteiger partial charge on any atom is 0.187 e. The summed E-state index contributed by atoms with van der Waals surface area (Å²) in [5.41, 5.74) is -0.592. The Bertz CT molecular complexity index is 1370. The van der Waals surface area contributed by atoms with Crippen molar-refractivity contribution in [3.63, 3.8) is 0 Å². The van der Waals surface area contributed by atoms with Gasteiger partial charge in [0.2, 0.25) is 0 Å². The average Bonchev–Trinajstić information content (AvgIpc) is 3.51. The molecule has 6 rings (SSSR count). The molecule has 0 bridgehead atoms. The summed E-state index contributed by atoms with van der Waals surface area (Å²) in [5, 5.41) is 95.9. The first-order chi connectivity index (χ1) is 25.6. The molecule has 0 aromatic carbocycles. The molecule has 2 saturated heterocycles. The molecular weight excluding hydrogens is 712 g/mol. The van der Waals surface area contributed by atoms with Gasteiger partial charge in [0.1, 0.15) is 48.8 Å². The Morgan fingerprint density at radius 3 is 1.85 bits per heavy atom. The van der Waals surface area contributed by atoms with E-state index in [0.29, 0.717) is 25.7 Å². The molecule has 9 N–H and O–H groups in total. The predicted octanol–water partition coefficient (Wildman–Crippen LogP) is 2.15. The summed E-state index contributed by atoms with van der Waals surface area (Å²) >= 11 is 0. The number of aliphatic hydroxyl groups excluding tert-OH is 9. The molecule has 20 atom stereocenters. The zero-order valence-electron chi connectivity index (χ0n) is 34.3. The number of fused-ring (bicyclic) bond motifs is 5. The number of allylic oxidation sites excluding steroid dienone is 2. The van der Waals surface area contributed by atoms with E-state index in [9.17, 15) is 46.0 Å². The third-order valence-corrected chi connectivity index (χ3v) is 16.7. The molecule has 318 valence electrons. The lowest BCUT2D eigenvalue weighted by molar-refractivity contribution is -0.338. The number of ether oxygens (including phenoxy) is 4. The van der Waals surface area contributed by atoms with Crippen LogP contribution < -0.4 is 0 Å². The summed E-state index contributed by atoms with van der Waals surface area (Å²) in [6.45, 7) is 16.6. The van der Waals surface area contributed by atoms with Gasteiger partial charge in [0.05, 0.1) is 31.0 Å². The van der Waals surface area contributed by atoms with Crippen molar-refractivity contribution >= 4 is 0 Å². The second-order valence-corrected chi connectivity index (χ2v) is 20.1. The van der Waals surface area contributed by atoms with Crippen LogP contribution in [0, 0.1) is 45.3 Å². The summed E-state index contributed by atoms with van der Waals surface area (Å²) in [5.74, 6) is 0.196. The molecule has 0 spiro atoms. The van der Waals surface area contributed by atoms with Crippen molar-refractivity contribution in [1.82, 2.24) is 0 Å². The lowest BCUT2D eigenvalue weighted by atomic mass is 9.35. The van der Waals surface area contributed by atoms with E-state index in [1.807, 2.05) is 20.8 Å². The van der Waals surface area contributed by atoms with E-state index in [1.54, 1.807) is 0 Å². The Kier molecular flexibility index (Phi) is 12.5. The number of rotatable bonds is 10. The van der Waals surface area contributed by atoms with Crippen LogP contribution in [0.2, 0.25) is 0 Å². The Hall–Kier alpha value is -0.780. The van der Waals surface area contributed by atoms with Crippen LogP contribution in [-0.4, -0.2) is 138 Å². The summed E-state index contributed by atoms with van der Waals surface area (Å²) < 4.78 is 24.9. The summed E-state index contributed by atoms with van der Waals surface area (Å²) in [7, 11) is 0. The fourth-order valence-corrected chi connectivity index (χ4v) is 13.4. The smallest absolute Gasteiger partial charge is 0.187 e. The van der Waals surface area contributed by atoms with Gasteiger partial charge >= 0.3 is 0 Å². The number of hydrogen-bond acceptors (Lipinski definition) is 13. The second kappa shape index (κ2) is 15.7. The average molecular weight is 785 g/mol. The van der Waals surface area contributed by atoms with Crippen molar-refractivity contribution in [3.8, 4) is 0 Å². The third-order valence-electron chi connectivity index (χ3n) is 16.7. The van der Waals surface area contributed by atoms with Gasteiger partial charge in [0, 0.05) is 0 Å². The first-order valence-electron chi connectivity index (χ1n) is 20.9. The van der Waals surface area contributed by atoms with Crippen LogP contribution in [0.4, 0.5) is 0 Å². The van der Waals surface area contributed by atoms with Crippen molar-refractivity contribution in [2.45, 2.75) is 192 Å². The molecule has 4 aliphatic carbocycles. The molecule has 0 amide bonds.